The lowest BCUT2D eigenvalue weighted by Crippen LogP contribution is -2.30. The third-order valence-corrected chi connectivity index (χ3v) is 12.8. The van der Waals surface area contributed by atoms with Crippen LogP contribution < -0.4 is 0 Å². The van der Waals surface area contributed by atoms with Crippen LogP contribution in [-0.2, 0) is 28.6 Å². The molecule has 0 amide bonds. The molecule has 0 saturated carbocycles. The van der Waals surface area contributed by atoms with E-state index in [0.717, 1.165) is 70.6 Å². The fourth-order valence-corrected chi connectivity index (χ4v) is 8.49. The standard InChI is InChI=1S/C57H108O6/c1-4-7-10-13-15-17-19-20-21-22-23-24-25-26-27-28-29-30-31-32-33-34-35-36-38-39-41-44-47-50-56(59)62-53-54(52-61-55(58)49-46-43-12-9-6-3)63-57(60)51-48-45-42-40-37-18-16-14-11-8-5-2/h14,16,54H,4-13,15,17-53H2,1-3H3/b16-14-. The molecule has 0 fully saturated rings. The van der Waals surface area contributed by atoms with E-state index >= 15 is 0 Å². The summed E-state index contributed by atoms with van der Waals surface area (Å²) in [5.41, 5.74) is 0. The Bertz CT molecular complexity index is 978. The van der Waals surface area contributed by atoms with Crippen molar-refractivity contribution in [2.75, 3.05) is 13.2 Å². The maximum Gasteiger partial charge on any atom is 0.306 e. The number of carbonyl (C=O) groups excluding carboxylic acids is 3. The molecule has 0 aromatic heterocycles. The second kappa shape index (κ2) is 52.8. The maximum absolute atomic E-state index is 12.7. The molecule has 6 nitrogen and oxygen atoms in total. The Morgan fingerprint density at radius 2 is 0.540 bits per heavy atom. The Kier molecular flexibility index (Phi) is 51.2. The van der Waals surface area contributed by atoms with Crippen LogP contribution in [0.1, 0.15) is 316 Å². The molecule has 0 aliphatic heterocycles. The van der Waals surface area contributed by atoms with Crippen molar-refractivity contribution in [2.45, 2.75) is 322 Å². The molecule has 1 atom stereocenters. The lowest BCUT2D eigenvalue weighted by atomic mass is 10.0. The molecule has 0 radical (unpaired) electrons. The van der Waals surface area contributed by atoms with E-state index in [9.17, 15) is 14.4 Å². The Labute approximate surface area is 392 Å². The quantitative estimate of drug-likeness (QED) is 0.0262. The lowest BCUT2D eigenvalue weighted by molar-refractivity contribution is -0.167. The number of rotatable bonds is 52. The van der Waals surface area contributed by atoms with E-state index in [0.29, 0.717) is 19.3 Å². The molecular formula is C57H108O6. The van der Waals surface area contributed by atoms with E-state index in [-0.39, 0.29) is 31.1 Å². The first kappa shape index (κ1) is 61.1. The topological polar surface area (TPSA) is 78.9 Å². The molecule has 0 bridgehead atoms. The monoisotopic (exact) mass is 889 g/mol. The number of hydrogen-bond acceptors (Lipinski definition) is 6. The number of hydrogen-bond donors (Lipinski definition) is 0. The fourth-order valence-electron chi connectivity index (χ4n) is 8.49. The first-order valence-electron chi connectivity index (χ1n) is 28.2. The van der Waals surface area contributed by atoms with Crippen LogP contribution in [0.3, 0.4) is 0 Å². The second-order valence-electron chi connectivity index (χ2n) is 19.2. The zero-order chi connectivity index (χ0) is 45.8. The summed E-state index contributed by atoms with van der Waals surface area (Å²) in [5, 5.41) is 0. The second-order valence-corrected chi connectivity index (χ2v) is 19.2. The minimum absolute atomic E-state index is 0.0698. The Morgan fingerprint density at radius 1 is 0.302 bits per heavy atom. The smallest absolute Gasteiger partial charge is 0.306 e. The van der Waals surface area contributed by atoms with Gasteiger partial charge < -0.3 is 14.2 Å². The summed E-state index contributed by atoms with van der Waals surface area (Å²) in [7, 11) is 0. The summed E-state index contributed by atoms with van der Waals surface area (Å²) < 4.78 is 16.7. The summed E-state index contributed by atoms with van der Waals surface area (Å²) in [5.74, 6) is -0.880. The highest BCUT2D eigenvalue weighted by Gasteiger charge is 2.19. The van der Waals surface area contributed by atoms with Gasteiger partial charge in [0.05, 0.1) is 0 Å². The van der Waals surface area contributed by atoms with E-state index < -0.39 is 6.10 Å². The number of ether oxygens (including phenoxy) is 3. The van der Waals surface area contributed by atoms with Gasteiger partial charge in [-0.15, -0.1) is 0 Å². The maximum atomic E-state index is 12.7. The van der Waals surface area contributed by atoms with Gasteiger partial charge in [0.25, 0.3) is 0 Å². The summed E-state index contributed by atoms with van der Waals surface area (Å²) in [6.07, 6.45) is 59.9. The zero-order valence-corrected chi connectivity index (χ0v) is 42.6. The SMILES string of the molecule is CCCC/C=C\CCCCCCCC(=O)OC(COC(=O)CCCCCCC)COC(=O)CCCCCCCCCCCCCCCCCCCCCCCCCCCCCCC. The zero-order valence-electron chi connectivity index (χ0n) is 42.6. The highest BCUT2D eigenvalue weighted by Crippen LogP contribution is 2.17. The molecule has 1 unspecified atom stereocenters. The number of carbonyl (C=O) groups is 3. The van der Waals surface area contributed by atoms with Crippen LogP contribution in [0, 0.1) is 0 Å². The first-order chi connectivity index (χ1) is 31.0. The lowest BCUT2D eigenvalue weighted by Gasteiger charge is -2.18. The Balaban J connectivity index is 3.87. The van der Waals surface area contributed by atoms with Crippen LogP contribution in [0.4, 0.5) is 0 Å². The normalized spacial score (nSPS) is 12.0. The average Bonchev–Trinajstić information content (AvgIpc) is 3.28. The van der Waals surface area contributed by atoms with Gasteiger partial charge in [-0.2, -0.15) is 0 Å². The minimum atomic E-state index is -0.765. The van der Waals surface area contributed by atoms with E-state index in [1.165, 1.54) is 205 Å². The van der Waals surface area contributed by atoms with Crippen molar-refractivity contribution in [1.29, 1.82) is 0 Å². The van der Waals surface area contributed by atoms with Gasteiger partial charge in [0.2, 0.25) is 0 Å². The molecule has 63 heavy (non-hydrogen) atoms. The molecule has 0 saturated heterocycles. The fraction of sp³-hybridized carbons (Fsp3) is 0.912. The van der Waals surface area contributed by atoms with Gasteiger partial charge in [-0.3, -0.25) is 14.4 Å². The van der Waals surface area contributed by atoms with Gasteiger partial charge in [0.1, 0.15) is 13.2 Å². The molecular weight excluding hydrogens is 781 g/mol. The number of unbranched alkanes of at least 4 members (excludes halogenated alkanes) is 39. The van der Waals surface area contributed by atoms with Crippen LogP contribution in [0.25, 0.3) is 0 Å². The van der Waals surface area contributed by atoms with Crippen LogP contribution in [0.5, 0.6) is 0 Å². The van der Waals surface area contributed by atoms with E-state index in [1.54, 1.807) is 0 Å². The number of allylic oxidation sites excluding steroid dienone is 2. The minimum Gasteiger partial charge on any atom is -0.462 e. The predicted molar refractivity (Wildman–Crippen MR) is 270 cm³/mol. The van der Waals surface area contributed by atoms with Crippen molar-refractivity contribution in [2.24, 2.45) is 0 Å². The van der Waals surface area contributed by atoms with Crippen LogP contribution >= 0.6 is 0 Å². The predicted octanol–water partition coefficient (Wildman–Crippen LogP) is 18.5. The van der Waals surface area contributed by atoms with E-state index in [1.807, 2.05) is 0 Å². The van der Waals surface area contributed by atoms with Crippen LogP contribution in [-0.4, -0.2) is 37.2 Å². The van der Waals surface area contributed by atoms with Crippen molar-refractivity contribution in [1.82, 2.24) is 0 Å². The molecule has 0 N–H and O–H groups in total. The Morgan fingerprint density at radius 3 is 0.841 bits per heavy atom. The van der Waals surface area contributed by atoms with Gasteiger partial charge in [0, 0.05) is 19.3 Å². The van der Waals surface area contributed by atoms with E-state index in [2.05, 4.69) is 32.9 Å². The molecule has 0 spiro atoms. The van der Waals surface area contributed by atoms with E-state index in [4.69, 9.17) is 14.2 Å². The van der Waals surface area contributed by atoms with Gasteiger partial charge in [-0.1, -0.05) is 270 Å². The van der Waals surface area contributed by atoms with Crippen molar-refractivity contribution in [3.63, 3.8) is 0 Å². The van der Waals surface area contributed by atoms with Crippen molar-refractivity contribution < 1.29 is 28.6 Å². The molecule has 0 aromatic carbocycles. The summed E-state index contributed by atoms with van der Waals surface area (Å²) in [4.78, 5) is 37.6. The van der Waals surface area contributed by atoms with Crippen LogP contribution in [0.2, 0.25) is 0 Å². The van der Waals surface area contributed by atoms with Gasteiger partial charge in [-0.05, 0) is 38.5 Å². The molecule has 0 heterocycles. The molecule has 0 aromatic rings. The molecule has 0 aliphatic rings. The first-order valence-corrected chi connectivity index (χ1v) is 28.2. The van der Waals surface area contributed by atoms with Crippen molar-refractivity contribution in [3.8, 4) is 0 Å². The van der Waals surface area contributed by atoms with Crippen molar-refractivity contribution in [3.05, 3.63) is 12.2 Å². The summed E-state index contributed by atoms with van der Waals surface area (Å²) in [6, 6.07) is 0. The van der Waals surface area contributed by atoms with Gasteiger partial charge in [0.15, 0.2) is 6.10 Å². The van der Waals surface area contributed by atoms with Gasteiger partial charge >= 0.3 is 17.9 Å². The Hall–Kier alpha value is -1.85. The molecule has 372 valence electrons. The van der Waals surface area contributed by atoms with Gasteiger partial charge in [-0.25, -0.2) is 0 Å². The molecule has 0 aliphatic carbocycles. The third kappa shape index (κ3) is 51.0. The highest BCUT2D eigenvalue weighted by molar-refractivity contribution is 5.71. The molecule has 0 rings (SSSR count). The average molecular weight is 889 g/mol. The summed E-state index contributed by atoms with van der Waals surface area (Å²) >= 11 is 0. The number of esters is 3. The van der Waals surface area contributed by atoms with Crippen molar-refractivity contribution >= 4 is 17.9 Å². The third-order valence-electron chi connectivity index (χ3n) is 12.8. The van der Waals surface area contributed by atoms with Crippen LogP contribution in [0.15, 0.2) is 12.2 Å². The molecule has 6 heteroatoms. The highest BCUT2D eigenvalue weighted by atomic mass is 16.6. The largest absolute Gasteiger partial charge is 0.462 e. The summed E-state index contributed by atoms with van der Waals surface area (Å²) in [6.45, 7) is 6.55.